The predicted molar refractivity (Wildman–Crippen MR) is 114 cm³/mol. The molecule has 0 bridgehead atoms. The van der Waals surface area contributed by atoms with Crippen molar-refractivity contribution >= 4 is 0 Å². The van der Waals surface area contributed by atoms with Crippen molar-refractivity contribution in [2.45, 2.75) is 50.9 Å². The van der Waals surface area contributed by atoms with Gasteiger partial charge in [0.2, 0.25) is 0 Å². The second-order valence-electron chi connectivity index (χ2n) is 7.67. The summed E-state index contributed by atoms with van der Waals surface area (Å²) < 4.78 is 0. The van der Waals surface area contributed by atoms with Crippen LogP contribution in [0.2, 0.25) is 0 Å². The van der Waals surface area contributed by atoms with Gasteiger partial charge in [0.25, 0.3) is 0 Å². The van der Waals surface area contributed by atoms with Gasteiger partial charge in [0, 0.05) is 5.92 Å². The molecule has 0 radical (unpaired) electrons. The molecule has 0 fully saturated rings. The fourth-order valence-electron chi connectivity index (χ4n) is 4.13. The Kier molecular flexibility index (Phi) is 6.89. The van der Waals surface area contributed by atoms with E-state index in [1.807, 2.05) is 12.2 Å². The van der Waals surface area contributed by atoms with E-state index in [0.717, 1.165) is 25.7 Å². The molecule has 0 saturated heterocycles. The summed E-state index contributed by atoms with van der Waals surface area (Å²) in [6, 6.07) is 9.22. The van der Waals surface area contributed by atoms with Gasteiger partial charge in [0.1, 0.15) is 0 Å². The molecule has 0 aromatic heterocycles. The van der Waals surface area contributed by atoms with E-state index in [9.17, 15) is 0 Å². The van der Waals surface area contributed by atoms with Crippen LogP contribution in [-0.4, -0.2) is 0 Å². The van der Waals surface area contributed by atoms with Crippen molar-refractivity contribution in [2.75, 3.05) is 0 Å². The van der Waals surface area contributed by atoms with Crippen molar-refractivity contribution in [1.29, 1.82) is 0 Å². The first-order valence-corrected chi connectivity index (χ1v) is 10.2. The quantitative estimate of drug-likeness (QED) is 0.433. The third-order valence-corrected chi connectivity index (χ3v) is 5.84. The minimum atomic E-state index is 0.589. The van der Waals surface area contributed by atoms with Gasteiger partial charge in [-0.25, -0.2) is 0 Å². The molecule has 3 unspecified atom stereocenters. The van der Waals surface area contributed by atoms with Crippen LogP contribution in [0.3, 0.4) is 0 Å². The summed E-state index contributed by atoms with van der Waals surface area (Å²) >= 11 is 0. The maximum Gasteiger partial charge on any atom is 0.00182 e. The SMILES string of the molecule is C=CCCC1=CCC(C2C=CC(c3ccc(CCC=C)cc3)CC2)C=C1. The number of aryl methyl sites for hydroxylation is 1. The van der Waals surface area contributed by atoms with Gasteiger partial charge >= 0.3 is 0 Å². The average molecular weight is 345 g/mol. The summed E-state index contributed by atoms with van der Waals surface area (Å²) in [4.78, 5) is 0. The maximum atomic E-state index is 3.82. The van der Waals surface area contributed by atoms with Crippen LogP contribution in [0.1, 0.15) is 55.6 Å². The van der Waals surface area contributed by atoms with E-state index in [2.05, 4.69) is 67.8 Å². The highest BCUT2D eigenvalue weighted by atomic mass is 14.3. The summed E-state index contributed by atoms with van der Waals surface area (Å²) in [6.45, 7) is 7.63. The van der Waals surface area contributed by atoms with Gasteiger partial charge in [0.05, 0.1) is 0 Å². The molecule has 26 heavy (non-hydrogen) atoms. The predicted octanol–water partition coefficient (Wildman–Crippen LogP) is 7.32. The Bertz CT molecular complexity index is 683. The molecule has 0 heteroatoms. The lowest BCUT2D eigenvalue weighted by Gasteiger charge is -2.29. The minimum Gasteiger partial charge on any atom is -0.103 e. The second kappa shape index (κ2) is 9.57. The van der Waals surface area contributed by atoms with E-state index in [1.165, 1.54) is 36.0 Å². The molecule has 3 atom stereocenters. The van der Waals surface area contributed by atoms with Gasteiger partial charge in [-0.2, -0.15) is 0 Å². The number of benzene rings is 1. The van der Waals surface area contributed by atoms with Crippen molar-refractivity contribution in [3.63, 3.8) is 0 Å². The molecule has 0 heterocycles. The van der Waals surface area contributed by atoms with Crippen molar-refractivity contribution in [3.8, 4) is 0 Å². The van der Waals surface area contributed by atoms with Crippen LogP contribution >= 0.6 is 0 Å². The number of hydrogen-bond acceptors (Lipinski definition) is 0. The van der Waals surface area contributed by atoms with Crippen LogP contribution in [0.5, 0.6) is 0 Å². The van der Waals surface area contributed by atoms with Crippen molar-refractivity contribution in [2.24, 2.45) is 11.8 Å². The zero-order valence-corrected chi connectivity index (χ0v) is 15.9. The smallest absolute Gasteiger partial charge is 0.00182 e. The molecule has 2 aliphatic carbocycles. The third kappa shape index (κ3) is 4.97. The van der Waals surface area contributed by atoms with E-state index >= 15 is 0 Å². The maximum absolute atomic E-state index is 3.82. The van der Waals surface area contributed by atoms with Crippen LogP contribution in [0.25, 0.3) is 0 Å². The van der Waals surface area contributed by atoms with Gasteiger partial charge in [-0.05, 0) is 67.9 Å². The molecule has 0 N–H and O–H groups in total. The fourth-order valence-corrected chi connectivity index (χ4v) is 4.13. The molecular weight excluding hydrogens is 312 g/mol. The summed E-state index contributed by atoms with van der Waals surface area (Å²) in [5, 5.41) is 0. The summed E-state index contributed by atoms with van der Waals surface area (Å²) in [7, 11) is 0. The Morgan fingerprint density at radius 1 is 0.846 bits per heavy atom. The van der Waals surface area contributed by atoms with Crippen LogP contribution in [0, 0.1) is 11.8 Å². The molecule has 0 nitrogen and oxygen atoms in total. The molecule has 2 aliphatic rings. The van der Waals surface area contributed by atoms with Gasteiger partial charge in [-0.15, -0.1) is 13.2 Å². The molecule has 1 aromatic carbocycles. The highest BCUT2D eigenvalue weighted by molar-refractivity contribution is 5.30. The molecule has 0 spiro atoms. The van der Waals surface area contributed by atoms with E-state index in [0.29, 0.717) is 17.8 Å². The van der Waals surface area contributed by atoms with Crippen molar-refractivity contribution in [3.05, 3.63) is 96.7 Å². The highest BCUT2D eigenvalue weighted by Gasteiger charge is 2.23. The van der Waals surface area contributed by atoms with Crippen LogP contribution in [0.4, 0.5) is 0 Å². The summed E-state index contributed by atoms with van der Waals surface area (Å²) in [5.74, 6) is 1.97. The third-order valence-electron chi connectivity index (χ3n) is 5.84. The van der Waals surface area contributed by atoms with E-state index < -0.39 is 0 Å². The minimum absolute atomic E-state index is 0.589. The summed E-state index contributed by atoms with van der Waals surface area (Å²) in [5.41, 5.74) is 4.36. The molecule has 0 aliphatic heterocycles. The zero-order valence-electron chi connectivity index (χ0n) is 15.9. The van der Waals surface area contributed by atoms with Crippen LogP contribution < -0.4 is 0 Å². The van der Waals surface area contributed by atoms with Crippen molar-refractivity contribution in [1.82, 2.24) is 0 Å². The standard InChI is InChI=1S/C26H32/c1-3-5-7-21-9-13-23(14-10-21)25-17-19-26(20-18-25)24-15-11-22(12-16-24)8-6-4-2/h3-4,9-15,17,19,24-26H,1-2,5-8,16,18,20H2. The number of allylic oxidation sites excluding steroid dienone is 8. The topological polar surface area (TPSA) is 0 Å². The molecule has 0 saturated carbocycles. The lowest BCUT2D eigenvalue weighted by atomic mass is 9.76. The van der Waals surface area contributed by atoms with E-state index in [1.54, 1.807) is 0 Å². The Morgan fingerprint density at radius 3 is 2.23 bits per heavy atom. The fraction of sp³-hybridized carbons (Fsp3) is 0.385. The first kappa shape index (κ1) is 18.7. The average Bonchev–Trinajstić information content (AvgIpc) is 2.72. The van der Waals surface area contributed by atoms with Crippen LogP contribution in [0.15, 0.2) is 85.5 Å². The highest BCUT2D eigenvalue weighted by Crippen LogP contribution is 2.37. The molecule has 136 valence electrons. The summed E-state index contributed by atoms with van der Waals surface area (Å²) in [6.07, 6.45) is 24.3. The normalized spacial score (nSPS) is 24.9. The monoisotopic (exact) mass is 344 g/mol. The Labute approximate surface area is 159 Å². The van der Waals surface area contributed by atoms with Crippen LogP contribution in [-0.2, 0) is 6.42 Å². The van der Waals surface area contributed by atoms with Gasteiger partial charge < -0.3 is 0 Å². The van der Waals surface area contributed by atoms with Gasteiger partial charge in [0.15, 0.2) is 0 Å². The number of hydrogen-bond donors (Lipinski definition) is 0. The Morgan fingerprint density at radius 2 is 1.62 bits per heavy atom. The lowest BCUT2D eigenvalue weighted by Crippen LogP contribution is -2.16. The van der Waals surface area contributed by atoms with Gasteiger partial charge in [-0.3, -0.25) is 0 Å². The first-order chi connectivity index (χ1) is 12.8. The molecule has 1 aromatic rings. The second-order valence-corrected chi connectivity index (χ2v) is 7.67. The molecule has 3 rings (SSSR count). The Hall–Kier alpha value is -2.08. The molecule has 0 amide bonds. The Balaban J connectivity index is 1.54. The lowest BCUT2D eigenvalue weighted by molar-refractivity contribution is 0.407. The van der Waals surface area contributed by atoms with E-state index in [4.69, 9.17) is 0 Å². The largest absolute Gasteiger partial charge is 0.103 e. The van der Waals surface area contributed by atoms with Crippen molar-refractivity contribution < 1.29 is 0 Å². The molecular formula is C26H32. The van der Waals surface area contributed by atoms with Gasteiger partial charge in [-0.1, -0.05) is 72.4 Å². The first-order valence-electron chi connectivity index (χ1n) is 10.2. The van der Waals surface area contributed by atoms with E-state index in [-0.39, 0.29) is 0 Å². The zero-order chi connectivity index (χ0) is 18.2. The number of rotatable bonds is 8.